The molecule has 5 nitrogen and oxygen atoms in total. The van der Waals surface area contributed by atoms with Gasteiger partial charge in [-0.25, -0.2) is 4.79 Å². The van der Waals surface area contributed by atoms with Gasteiger partial charge in [-0.2, -0.15) is 0 Å². The van der Waals surface area contributed by atoms with Gasteiger partial charge in [0.1, 0.15) is 0 Å². The van der Waals surface area contributed by atoms with E-state index >= 15 is 0 Å². The van der Waals surface area contributed by atoms with Gasteiger partial charge < -0.3 is 5.11 Å². The minimum Gasteiger partial charge on any atom is -0.475 e. The minimum absolute atomic E-state index is 1.15. The number of nitroso groups, excluding NO2 is 1. The molecule has 0 fully saturated rings. The second-order valence-electron chi connectivity index (χ2n) is 2.28. The van der Waals surface area contributed by atoms with Gasteiger partial charge in [-0.05, 0) is 13.8 Å². The van der Waals surface area contributed by atoms with Gasteiger partial charge in [0.2, 0.25) is 0 Å². The van der Waals surface area contributed by atoms with E-state index in [-0.39, 0.29) is 0 Å². The molecule has 0 saturated heterocycles. The lowest BCUT2D eigenvalue weighted by Crippen LogP contribution is -2.35. The Morgan fingerprint density at radius 3 is 1.90 bits per heavy atom. The standard InChI is InChI=1S/C5H7NO4/c1-5(2,6-10)3(7)4(8)9/h1-2H3,(H,8,9). The highest BCUT2D eigenvalue weighted by Gasteiger charge is 2.34. The van der Waals surface area contributed by atoms with Crippen LogP contribution >= 0.6 is 0 Å². The summed E-state index contributed by atoms with van der Waals surface area (Å²) in [6.07, 6.45) is 0. The van der Waals surface area contributed by atoms with Crippen molar-refractivity contribution >= 4 is 11.8 Å². The molecule has 0 bridgehead atoms. The largest absolute Gasteiger partial charge is 0.475 e. The fraction of sp³-hybridized carbons (Fsp3) is 0.600. The van der Waals surface area contributed by atoms with Crippen molar-refractivity contribution in [3.05, 3.63) is 4.91 Å². The summed E-state index contributed by atoms with van der Waals surface area (Å²) < 4.78 is 0. The molecule has 0 atom stereocenters. The lowest BCUT2D eigenvalue weighted by molar-refractivity contribution is -0.151. The monoisotopic (exact) mass is 145 g/mol. The topological polar surface area (TPSA) is 83.8 Å². The maximum Gasteiger partial charge on any atom is 0.374 e. The fourth-order valence-electron chi connectivity index (χ4n) is 0.303. The Hall–Kier alpha value is -1.26. The van der Waals surface area contributed by atoms with Crippen molar-refractivity contribution in [1.29, 1.82) is 0 Å². The molecule has 0 aliphatic rings. The second-order valence-corrected chi connectivity index (χ2v) is 2.28. The number of hydrogen-bond donors (Lipinski definition) is 1. The number of aliphatic carboxylic acids is 1. The average Bonchev–Trinajstić information content (AvgIpc) is 1.86. The van der Waals surface area contributed by atoms with E-state index in [1.807, 2.05) is 0 Å². The van der Waals surface area contributed by atoms with E-state index in [9.17, 15) is 14.5 Å². The molecule has 0 unspecified atom stereocenters. The number of carbonyl (C=O) groups is 2. The Kier molecular flexibility index (Phi) is 2.23. The van der Waals surface area contributed by atoms with Crippen molar-refractivity contribution in [2.24, 2.45) is 5.18 Å². The average molecular weight is 145 g/mol. The van der Waals surface area contributed by atoms with Gasteiger partial charge in [0.05, 0.1) is 0 Å². The van der Waals surface area contributed by atoms with Crippen molar-refractivity contribution in [2.45, 2.75) is 19.4 Å². The van der Waals surface area contributed by atoms with E-state index < -0.39 is 17.3 Å². The SMILES string of the molecule is CC(C)(N=O)C(=O)C(=O)O. The first-order valence-corrected chi connectivity index (χ1v) is 2.54. The van der Waals surface area contributed by atoms with Crippen LogP contribution in [0, 0.1) is 4.91 Å². The van der Waals surface area contributed by atoms with Gasteiger partial charge in [0.15, 0.2) is 5.54 Å². The maximum absolute atomic E-state index is 10.5. The van der Waals surface area contributed by atoms with Crippen molar-refractivity contribution in [3.8, 4) is 0 Å². The molecule has 0 saturated carbocycles. The van der Waals surface area contributed by atoms with Crippen molar-refractivity contribution in [2.75, 3.05) is 0 Å². The van der Waals surface area contributed by atoms with E-state index in [2.05, 4.69) is 5.18 Å². The third-order valence-corrected chi connectivity index (χ3v) is 0.978. The predicted octanol–water partition coefficient (Wildman–Crippen LogP) is 0.185. The summed E-state index contributed by atoms with van der Waals surface area (Å²) in [6.45, 7) is 2.30. The third kappa shape index (κ3) is 1.61. The first kappa shape index (κ1) is 8.74. The molecule has 0 heterocycles. The zero-order valence-electron chi connectivity index (χ0n) is 5.62. The summed E-state index contributed by atoms with van der Waals surface area (Å²) >= 11 is 0. The summed E-state index contributed by atoms with van der Waals surface area (Å²) in [5, 5.41) is 10.5. The predicted molar refractivity (Wildman–Crippen MR) is 32.5 cm³/mol. The summed E-state index contributed by atoms with van der Waals surface area (Å²) in [7, 11) is 0. The van der Waals surface area contributed by atoms with Gasteiger partial charge >= 0.3 is 5.97 Å². The van der Waals surface area contributed by atoms with Gasteiger partial charge in [-0.1, -0.05) is 5.18 Å². The Morgan fingerprint density at radius 1 is 1.40 bits per heavy atom. The molecule has 0 spiro atoms. The summed E-state index contributed by atoms with van der Waals surface area (Å²) in [4.78, 5) is 30.3. The van der Waals surface area contributed by atoms with Crippen LogP contribution in [0.3, 0.4) is 0 Å². The first-order valence-electron chi connectivity index (χ1n) is 2.54. The molecule has 0 aliphatic carbocycles. The molecular weight excluding hydrogens is 138 g/mol. The number of nitrogens with zero attached hydrogens (tertiary/aromatic N) is 1. The molecular formula is C5H7NO4. The molecule has 0 aromatic heterocycles. The Bertz CT molecular complexity index is 184. The van der Waals surface area contributed by atoms with Gasteiger partial charge in [0.25, 0.3) is 5.78 Å². The molecule has 0 aliphatic heterocycles. The van der Waals surface area contributed by atoms with Crippen molar-refractivity contribution in [3.63, 3.8) is 0 Å². The molecule has 5 heteroatoms. The van der Waals surface area contributed by atoms with Crippen molar-refractivity contribution in [1.82, 2.24) is 0 Å². The quantitative estimate of drug-likeness (QED) is 0.453. The number of carbonyl (C=O) groups excluding carboxylic acids is 1. The molecule has 0 rings (SSSR count). The highest BCUT2D eigenvalue weighted by molar-refractivity contribution is 6.36. The van der Waals surface area contributed by atoms with Crippen LogP contribution < -0.4 is 0 Å². The van der Waals surface area contributed by atoms with E-state index in [0.29, 0.717) is 0 Å². The number of rotatable bonds is 3. The molecule has 0 aromatic carbocycles. The lowest BCUT2D eigenvalue weighted by atomic mass is 10.0. The Morgan fingerprint density at radius 2 is 1.80 bits per heavy atom. The highest BCUT2D eigenvalue weighted by Crippen LogP contribution is 2.08. The molecule has 1 N–H and O–H groups in total. The van der Waals surface area contributed by atoms with Crippen LogP contribution in [-0.4, -0.2) is 22.4 Å². The molecule has 10 heavy (non-hydrogen) atoms. The molecule has 0 radical (unpaired) electrons. The van der Waals surface area contributed by atoms with Crippen LogP contribution in [0.25, 0.3) is 0 Å². The first-order chi connectivity index (χ1) is 4.41. The zero-order chi connectivity index (χ0) is 8.36. The van der Waals surface area contributed by atoms with Crippen molar-refractivity contribution < 1.29 is 14.7 Å². The summed E-state index contributed by atoms with van der Waals surface area (Å²) in [5.74, 6) is -2.83. The maximum atomic E-state index is 10.5. The minimum atomic E-state index is -1.65. The lowest BCUT2D eigenvalue weighted by Gasteiger charge is -2.08. The zero-order valence-corrected chi connectivity index (χ0v) is 5.62. The van der Waals surface area contributed by atoms with E-state index in [1.165, 1.54) is 0 Å². The number of hydrogen-bond acceptors (Lipinski definition) is 4. The smallest absolute Gasteiger partial charge is 0.374 e. The number of Topliss-reactive ketones (excluding diaryl/α,β-unsaturated/α-hetero) is 1. The van der Waals surface area contributed by atoms with Gasteiger partial charge in [0, 0.05) is 0 Å². The Labute approximate surface area is 57.0 Å². The second kappa shape index (κ2) is 2.55. The summed E-state index contributed by atoms with van der Waals surface area (Å²) in [5.41, 5.74) is -1.65. The van der Waals surface area contributed by atoms with Crippen LogP contribution in [0.4, 0.5) is 0 Å². The molecule has 0 aromatic rings. The van der Waals surface area contributed by atoms with Crippen LogP contribution in [0.15, 0.2) is 5.18 Å². The van der Waals surface area contributed by atoms with Crippen LogP contribution in [0.2, 0.25) is 0 Å². The summed E-state index contributed by atoms with van der Waals surface area (Å²) in [6, 6.07) is 0. The van der Waals surface area contributed by atoms with Gasteiger partial charge in [-0.3, -0.25) is 4.79 Å². The fourth-order valence-corrected chi connectivity index (χ4v) is 0.303. The van der Waals surface area contributed by atoms with E-state index in [1.54, 1.807) is 0 Å². The number of ketones is 1. The highest BCUT2D eigenvalue weighted by atomic mass is 16.4. The van der Waals surface area contributed by atoms with Crippen LogP contribution in [0.5, 0.6) is 0 Å². The van der Waals surface area contributed by atoms with E-state index in [4.69, 9.17) is 5.11 Å². The third-order valence-electron chi connectivity index (χ3n) is 0.978. The van der Waals surface area contributed by atoms with E-state index in [0.717, 1.165) is 13.8 Å². The molecule has 56 valence electrons. The number of carboxylic acids is 1. The Balaban J connectivity index is 4.49. The number of carboxylic acid groups (broad SMARTS) is 1. The molecule has 0 amide bonds. The van der Waals surface area contributed by atoms with Crippen LogP contribution in [0.1, 0.15) is 13.8 Å². The van der Waals surface area contributed by atoms with Gasteiger partial charge in [-0.15, -0.1) is 4.91 Å². The normalized spacial score (nSPS) is 10.6. The van der Waals surface area contributed by atoms with Crippen LogP contribution in [-0.2, 0) is 9.59 Å².